The lowest BCUT2D eigenvalue weighted by Crippen LogP contribution is -2.16. The van der Waals surface area contributed by atoms with Gasteiger partial charge in [0.1, 0.15) is 23.6 Å². The minimum Gasteiger partial charge on any atom is -0.364 e. The van der Waals surface area contributed by atoms with Crippen molar-refractivity contribution in [3.05, 3.63) is 83.0 Å². The lowest BCUT2D eigenvalue weighted by Gasteiger charge is -2.07. The molecule has 3 aromatic heterocycles. The zero-order valence-corrected chi connectivity index (χ0v) is 19.5. The van der Waals surface area contributed by atoms with E-state index in [9.17, 15) is 4.79 Å². The number of fused-ring (bicyclic) bond motifs is 1. The second-order valence-electron chi connectivity index (χ2n) is 9.33. The van der Waals surface area contributed by atoms with Crippen molar-refractivity contribution >= 4 is 34.8 Å². The average molecular weight is 473 g/mol. The van der Waals surface area contributed by atoms with Crippen LogP contribution in [0.2, 0.25) is 5.02 Å². The number of nitrogens with zero attached hydrogens (tertiary/aromatic N) is 4. The molecule has 2 saturated carbocycles. The number of carbonyl (C=O) groups excluding carboxylic acids is 1. The van der Waals surface area contributed by atoms with Gasteiger partial charge in [-0.25, -0.2) is 15.0 Å². The van der Waals surface area contributed by atoms with E-state index in [1.54, 1.807) is 6.07 Å². The minimum absolute atomic E-state index is 0.0334. The fourth-order valence-electron chi connectivity index (χ4n) is 4.81. The zero-order valence-electron chi connectivity index (χ0n) is 18.8. The number of anilines is 2. The molecular weight excluding hydrogens is 448 g/mol. The standard InChI is InChI=1S/C26H25ClN6O/c1-15-24(17-3-2-4-19(27)9-17)25(15)26(34)32-22-10-21(29-14-30-22)28-11-20-13-33-12-18(16-5-6-16)7-8-23(33)31-20/h2-4,7-10,12-16,24-25H,5-6,11H2,1H3,(H2,28,29,30,32,34)/t15-,24+,25-/m1/s1. The summed E-state index contributed by atoms with van der Waals surface area (Å²) in [6, 6.07) is 13.7. The first kappa shape index (κ1) is 21.1. The molecule has 8 heteroatoms. The van der Waals surface area contributed by atoms with Crippen molar-refractivity contribution in [1.29, 1.82) is 0 Å². The highest BCUT2D eigenvalue weighted by molar-refractivity contribution is 6.30. The first-order valence-electron chi connectivity index (χ1n) is 11.6. The number of amides is 1. The van der Waals surface area contributed by atoms with Crippen LogP contribution >= 0.6 is 11.6 Å². The van der Waals surface area contributed by atoms with Gasteiger partial charge in [-0.1, -0.05) is 36.7 Å². The molecule has 2 N–H and O–H groups in total. The maximum atomic E-state index is 12.9. The van der Waals surface area contributed by atoms with Gasteiger partial charge in [-0.3, -0.25) is 4.79 Å². The van der Waals surface area contributed by atoms with Crippen molar-refractivity contribution in [2.75, 3.05) is 10.6 Å². The molecule has 2 fully saturated rings. The van der Waals surface area contributed by atoms with E-state index in [4.69, 9.17) is 11.6 Å². The number of hydrogen-bond donors (Lipinski definition) is 2. The molecule has 0 spiro atoms. The topological polar surface area (TPSA) is 84.2 Å². The second kappa shape index (κ2) is 8.40. The molecule has 0 aliphatic heterocycles. The lowest BCUT2D eigenvalue weighted by atomic mass is 10.1. The summed E-state index contributed by atoms with van der Waals surface area (Å²) in [5.74, 6) is 2.13. The van der Waals surface area contributed by atoms with E-state index in [-0.39, 0.29) is 23.7 Å². The number of benzene rings is 1. The molecule has 172 valence electrons. The fourth-order valence-corrected chi connectivity index (χ4v) is 5.01. The molecule has 2 aliphatic carbocycles. The molecule has 6 rings (SSSR count). The van der Waals surface area contributed by atoms with Crippen LogP contribution in [0.4, 0.5) is 11.6 Å². The Bertz CT molecular complexity index is 1380. The number of nitrogens with one attached hydrogen (secondary N) is 2. The maximum absolute atomic E-state index is 12.9. The summed E-state index contributed by atoms with van der Waals surface area (Å²) >= 11 is 6.13. The SMILES string of the molecule is C[C@H]1[C@@H](C(=O)Nc2cc(NCc3cn4cc(C5CC5)ccc4n3)ncn2)[C@@H]1c1cccc(Cl)c1. The molecule has 0 bridgehead atoms. The summed E-state index contributed by atoms with van der Waals surface area (Å²) in [5, 5.41) is 6.93. The Hall–Kier alpha value is -3.45. The number of rotatable bonds is 7. The van der Waals surface area contributed by atoms with Crippen molar-refractivity contribution in [2.45, 2.75) is 38.1 Å². The predicted molar refractivity (Wildman–Crippen MR) is 132 cm³/mol. The van der Waals surface area contributed by atoms with Crippen molar-refractivity contribution < 1.29 is 4.79 Å². The quantitative estimate of drug-likeness (QED) is 0.383. The molecule has 2 aliphatic rings. The highest BCUT2D eigenvalue weighted by Crippen LogP contribution is 2.54. The van der Waals surface area contributed by atoms with Gasteiger partial charge in [0, 0.05) is 29.4 Å². The van der Waals surface area contributed by atoms with Crippen LogP contribution in [0.1, 0.15) is 48.4 Å². The molecule has 0 radical (unpaired) electrons. The van der Waals surface area contributed by atoms with Crippen molar-refractivity contribution in [3.63, 3.8) is 0 Å². The molecule has 4 aromatic rings. The Labute approximate surface area is 202 Å². The van der Waals surface area contributed by atoms with Gasteiger partial charge >= 0.3 is 0 Å². The molecule has 0 saturated heterocycles. The Kier molecular flexibility index (Phi) is 5.21. The largest absolute Gasteiger partial charge is 0.364 e. The van der Waals surface area contributed by atoms with Crippen molar-refractivity contribution in [2.24, 2.45) is 11.8 Å². The molecule has 0 unspecified atom stereocenters. The zero-order chi connectivity index (χ0) is 23.2. The van der Waals surface area contributed by atoms with Gasteiger partial charge < -0.3 is 15.0 Å². The number of halogens is 1. The Morgan fingerprint density at radius 1 is 1.09 bits per heavy atom. The number of aromatic nitrogens is 4. The molecule has 3 atom stereocenters. The number of carbonyl (C=O) groups is 1. The highest BCUT2D eigenvalue weighted by Gasteiger charge is 2.52. The van der Waals surface area contributed by atoms with Gasteiger partial charge in [0.25, 0.3) is 0 Å². The molecule has 34 heavy (non-hydrogen) atoms. The molecular formula is C26H25ClN6O. The van der Waals surface area contributed by atoms with Crippen LogP contribution in [0.15, 0.2) is 61.2 Å². The lowest BCUT2D eigenvalue weighted by molar-refractivity contribution is -0.117. The highest BCUT2D eigenvalue weighted by atomic mass is 35.5. The molecule has 1 aromatic carbocycles. The van der Waals surface area contributed by atoms with Gasteiger partial charge in [-0.15, -0.1) is 0 Å². The normalized spacial score (nSPS) is 21.4. The van der Waals surface area contributed by atoms with Gasteiger partial charge in [0.2, 0.25) is 5.91 Å². The summed E-state index contributed by atoms with van der Waals surface area (Å²) in [6.45, 7) is 2.62. The monoisotopic (exact) mass is 472 g/mol. The van der Waals surface area contributed by atoms with E-state index in [0.717, 1.165) is 16.9 Å². The van der Waals surface area contributed by atoms with Crippen LogP contribution in [0, 0.1) is 11.8 Å². The van der Waals surface area contributed by atoms with E-state index in [1.165, 1.54) is 24.7 Å². The van der Waals surface area contributed by atoms with E-state index in [1.807, 2.05) is 30.5 Å². The summed E-state index contributed by atoms with van der Waals surface area (Å²) in [4.78, 5) is 26.1. The maximum Gasteiger partial charge on any atom is 0.229 e. The third-order valence-electron chi connectivity index (χ3n) is 6.86. The molecule has 1 amide bonds. The van der Waals surface area contributed by atoms with Crippen LogP contribution in [-0.4, -0.2) is 25.3 Å². The minimum atomic E-state index is -0.0941. The molecule has 7 nitrogen and oxygen atoms in total. The Morgan fingerprint density at radius 2 is 1.94 bits per heavy atom. The predicted octanol–water partition coefficient (Wildman–Crippen LogP) is 5.26. The molecule has 3 heterocycles. The summed E-state index contributed by atoms with van der Waals surface area (Å²) < 4.78 is 2.09. The van der Waals surface area contributed by atoms with Gasteiger partial charge in [0.15, 0.2) is 0 Å². The van der Waals surface area contributed by atoms with Gasteiger partial charge in [-0.2, -0.15) is 0 Å². The third-order valence-corrected chi connectivity index (χ3v) is 7.09. The van der Waals surface area contributed by atoms with Gasteiger partial charge in [0.05, 0.1) is 12.2 Å². The summed E-state index contributed by atoms with van der Waals surface area (Å²) in [5.41, 5.74) is 4.34. The van der Waals surface area contributed by atoms with E-state index in [2.05, 4.69) is 55.2 Å². The Morgan fingerprint density at radius 3 is 2.76 bits per heavy atom. The van der Waals surface area contributed by atoms with E-state index >= 15 is 0 Å². The second-order valence-corrected chi connectivity index (χ2v) is 9.77. The van der Waals surface area contributed by atoms with Crippen LogP contribution < -0.4 is 10.6 Å². The average Bonchev–Trinajstić information content (AvgIpc) is 3.74. The third kappa shape index (κ3) is 4.23. The fraction of sp³-hybridized carbons (Fsp3) is 0.308. The van der Waals surface area contributed by atoms with Crippen molar-refractivity contribution in [3.8, 4) is 0 Å². The van der Waals surface area contributed by atoms with Crippen LogP contribution in [0.3, 0.4) is 0 Å². The van der Waals surface area contributed by atoms with Crippen LogP contribution in [0.5, 0.6) is 0 Å². The number of pyridine rings is 1. The first-order chi connectivity index (χ1) is 16.5. The van der Waals surface area contributed by atoms with E-state index < -0.39 is 0 Å². The number of hydrogen-bond acceptors (Lipinski definition) is 5. The summed E-state index contributed by atoms with van der Waals surface area (Å²) in [7, 11) is 0. The van der Waals surface area contributed by atoms with Crippen molar-refractivity contribution in [1.82, 2.24) is 19.4 Å². The smallest absolute Gasteiger partial charge is 0.229 e. The van der Waals surface area contributed by atoms with Crippen LogP contribution in [-0.2, 0) is 11.3 Å². The van der Waals surface area contributed by atoms with Gasteiger partial charge in [-0.05, 0) is 59.9 Å². The summed E-state index contributed by atoms with van der Waals surface area (Å²) in [6.07, 6.45) is 8.23. The first-order valence-corrected chi connectivity index (χ1v) is 12.0. The Balaban J connectivity index is 1.09. The number of imidazole rings is 1. The van der Waals surface area contributed by atoms with Crippen LogP contribution in [0.25, 0.3) is 5.65 Å². The van der Waals surface area contributed by atoms with E-state index in [0.29, 0.717) is 29.1 Å².